The van der Waals surface area contributed by atoms with Gasteiger partial charge in [0.25, 0.3) is 0 Å². The summed E-state index contributed by atoms with van der Waals surface area (Å²) in [7, 11) is 0. The molecule has 0 heterocycles. The first-order valence-electron chi connectivity index (χ1n) is 5.40. The summed E-state index contributed by atoms with van der Waals surface area (Å²) in [6.45, 7) is 4.50. The van der Waals surface area contributed by atoms with E-state index in [9.17, 15) is 5.11 Å². The van der Waals surface area contributed by atoms with E-state index in [1.165, 1.54) is 30.6 Å². The molecule has 0 bridgehead atoms. The largest absolute Gasteiger partial charge is 0.389 e. The van der Waals surface area contributed by atoms with Crippen LogP contribution in [0.15, 0.2) is 11.6 Å². The third-order valence-electron chi connectivity index (χ3n) is 2.74. The van der Waals surface area contributed by atoms with Crippen LogP contribution in [-0.4, -0.2) is 23.2 Å². The zero-order valence-electron chi connectivity index (χ0n) is 9.55. The molecule has 2 heteroatoms. The molecule has 1 aliphatic carbocycles. The zero-order chi connectivity index (χ0) is 10.6. The molecule has 1 nitrogen and oxygen atoms in total. The van der Waals surface area contributed by atoms with Crippen LogP contribution in [0.1, 0.15) is 39.5 Å². The Bertz CT molecular complexity index is 208. The van der Waals surface area contributed by atoms with Gasteiger partial charge in [-0.05, 0) is 43.1 Å². The Morgan fingerprint density at radius 3 is 2.86 bits per heavy atom. The van der Waals surface area contributed by atoms with E-state index in [0.29, 0.717) is 5.41 Å². The number of allylic oxidation sites excluding steroid dienone is 1. The minimum Gasteiger partial charge on any atom is -0.389 e. The van der Waals surface area contributed by atoms with Gasteiger partial charge in [0.15, 0.2) is 0 Å². The minimum atomic E-state index is -0.206. The predicted octanol–water partition coefficient (Wildman–Crippen LogP) is 3.24. The Balaban J connectivity index is 2.43. The van der Waals surface area contributed by atoms with E-state index in [0.717, 1.165) is 6.42 Å². The van der Waals surface area contributed by atoms with Crippen molar-refractivity contribution in [1.29, 1.82) is 0 Å². The maximum Gasteiger partial charge on any atom is 0.0728 e. The molecule has 1 atom stereocenters. The SMILES string of the molecule is CSCCCC1=CC(O)CC(C)(C)C1. The van der Waals surface area contributed by atoms with Crippen molar-refractivity contribution in [2.45, 2.75) is 45.6 Å². The van der Waals surface area contributed by atoms with E-state index >= 15 is 0 Å². The zero-order valence-corrected chi connectivity index (χ0v) is 10.4. The maximum absolute atomic E-state index is 9.69. The number of rotatable bonds is 4. The van der Waals surface area contributed by atoms with Crippen molar-refractivity contribution in [2.24, 2.45) is 5.41 Å². The predicted molar refractivity (Wildman–Crippen MR) is 64.7 cm³/mol. The first kappa shape index (κ1) is 12.1. The second kappa shape index (κ2) is 5.22. The smallest absolute Gasteiger partial charge is 0.0728 e. The summed E-state index contributed by atoms with van der Waals surface area (Å²) in [5, 5.41) is 9.69. The lowest BCUT2D eigenvalue weighted by atomic mass is 9.75. The molecule has 0 aliphatic heterocycles. The summed E-state index contributed by atoms with van der Waals surface area (Å²) in [5.74, 6) is 1.23. The summed E-state index contributed by atoms with van der Waals surface area (Å²) in [6.07, 6.45) is 8.51. The fraction of sp³-hybridized carbons (Fsp3) is 0.833. The third kappa shape index (κ3) is 4.05. The van der Waals surface area contributed by atoms with Crippen LogP contribution < -0.4 is 0 Å². The van der Waals surface area contributed by atoms with Gasteiger partial charge in [0.2, 0.25) is 0 Å². The Morgan fingerprint density at radius 1 is 1.57 bits per heavy atom. The van der Waals surface area contributed by atoms with Gasteiger partial charge in [-0.2, -0.15) is 11.8 Å². The molecule has 0 amide bonds. The van der Waals surface area contributed by atoms with Gasteiger partial charge in [-0.25, -0.2) is 0 Å². The maximum atomic E-state index is 9.69. The second-order valence-electron chi connectivity index (χ2n) is 5.03. The molecule has 14 heavy (non-hydrogen) atoms. The van der Waals surface area contributed by atoms with E-state index in [4.69, 9.17) is 0 Å². The lowest BCUT2D eigenvalue weighted by molar-refractivity contribution is 0.137. The van der Waals surface area contributed by atoms with Gasteiger partial charge in [-0.3, -0.25) is 0 Å². The fourth-order valence-electron chi connectivity index (χ4n) is 2.26. The van der Waals surface area contributed by atoms with Crippen LogP contribution in [0.5, 0.6) is 0 Å². The van der Waals surface area contributed by atoms with Gasteiger partial charge < -0.3 is 5.11 Å². The summed E-state index contributed by atoms with van der Waals surface area (Å²) >= 11 is 1.90. The van der Waals surface area contributed by atoms with Crippen LogP contribution in [0.4, 0.5) is 0 Å². The Labute approximate surface area is 92.0 Å². The molecule has 1 rings (SSSR count). The highest BCUT2D eigenvalue weighted by Gasteiger charge is 2.26. The average molecular weight is 214 g/mol. The minimum absolute atomic E-state index is 0.206. The first-order chi connectivity index (χ1) is 6.53. The van der Waals surface area contributed by atoms with Crippen molar-refractivity contribution in [1.82, 2.24) is 0 Å². The van der Waals surface area contributed by atoms with Gasteiger partial charge in [0, 0.05) is 0 Å². The van der Waals surface area contributed by atoms with E-state index in [1.807, 2.05) is 11.8 Å². The summed E-state index contributed by atoms with van der Waals surface area (Å²) in [5.41, 5.74) is 1.76. The topological polar surface area (TPSA) is 20.2 Å². The van der Waals surface area contributed by atoms with Gasteiger partial charge in [-0.15, -0.1) is 0 Å². The molecule has 0 saturated heterocycles. The van der Waals surface area contributed by atoms with Gasteiger partial charge in [0.05, 0.1) is 6.10 Å². The summed E-state index contributed by atoms with van der Waals surface area (Å²) in [6, 6.07) is 0. The lowest BCUT2D eigenvalue weighted by Crippen LogP contribution is -2.24. The van der Waals surface area contributed by atoms with Crippen molar-refractivity contribution in [3.05, 3.63) is 11.6 Å². The number of hydrogen-bond acceptors (Lipinski definition) is 2. The standard InChI is InChI=1S/C12H22OS/c1-12(2)8-10(5-4-6-14-3)7-11(13)9-12/h7,11,13H,4-6,8-9H2,1-3H3. The number of thioether (sulfide) groups is 1. The monoisotopic (exact) mass is 214 g/mol. The van der Waals surface area contributed by atoms with Crippen molar-refractivity contribution >= 4 is 11.8 Å². The van der Waals surface area contributed by atoms with Gasteiger partial charge in [0.1, 0.15) is 0 Å². The van der Waals surface area contributed by atoms with Crippen molar-refractivity contribution in [3.8, 4) is 0 Å². The normalized spacial score (nSPS) is 26.0. The molecule has 0 spiro atoms. The number of aliphatic hydroxyl groups is 1. The van der Waals surface area contributed by atoms with Crippen LogP contribution in [0, 0.1) is 5.41 Å². The average Bonchev–Trinajstić information content (AvgIpc) is 2.00. The van der Waals surface area contributed by atoms with E-state index in [1.54, 1.807) is 0 Å². The Morgan fingerprint density at radius 2 is 2.29 bits per heavy atom. The van der Waals surface area contributed by atoms with Crippen LogP contribution in [0.3, 0.4) is 0 Å². The third-order valence-corrected chi connectivity index (χ3v) is 3.44. The molecule has 0 radical (unpaired) electrons. The molecule has 0 aromatic carbocycles. The first-order valence-corrected chi connectivity index (χ1v) is 6.79. The molecule has 0 saturated carbocycles. The molecule has 0 fully saturated rings. The van der Waals surface area contributed by atoms with Crippen molar-refractivity contribution in [2.75, 3.05) is 12.0 Å². The van der Waals surface area contributed by atoms with Crippen LogP contribution in [0.25, 0.3) is 0 Å². The van der Waals surface area contributed by atoms with Gasteiger partial charge in [-0.1, -0.05) is 25.5 Å². The quantitative estimate of drug-likeness (QED) is 0.572. The molecule has 0 aromatic heterocycles. The Kier molecular flexibility index (Phi) is 4.52. The van der Waals surface area contributed by atoms with Gasteiger partial charge >= 0.3 is 0 Å². The van der Waals surface area contributed by atoms with Crippen molar-refractivity contribution in [3.63, 3.8) is 0 Å². The fourth-order valence-corrected chi connectivity index (χ4v) is 2.69. The molecule has 0 aromatic rings. The van der Waals surface area contributed by atoms with Crippen LogP contribution in [0.2, 0.25) is 0 Å². The molecule has 82 valence electrons. The number of aliphatic hydroxyl groups excluding tert-OH is 1. The number of hydrogen-bond donors (Lipinski definition) is 1. The molecule has 1 N–H and O–H groups in total. The highest BCUT2D eigenvalue weighted by atomic mass is 32.2. The molecular weight excluding hydrogens is 192 g/mol. The van der Waals surface area contributed by atoms with E-state index < -0.39 is 0 Å². The van der Waals surface area contributed by atoms with Crippen molar-refractivity contribution < 1.29 is 5.11 Å². The molecule has 1 aliphatic rings. The highest BCUT2D eigenvalue weighted by Crippen LogP contribution is 2.36. The van der Waals surface area contributed by atoms with Crippen LogP contribution in [-0.2, 0) is 0 Å². The second-order valence-corrected chi connectivity index (χ2v) is 6.02. The lowest BCUT2D eigenvalue weighted by Gasteiger charge is -2.32. The molecule has 1 unspecified atom stereocenters. The summed E-state index contributed by atoms with van der Waals surface area (Å²) in [4.78, 5) is 0. The molecular formula is C12H22OS. The van der Waals surface area contributed by atoms with E-state index in [2.05, 4.69) is 26.2 Å². The van der Waals surface area contributed by atoms with E-state index in [-0.39, 0.29) is 6.10 Å². The highest BCUT2D eigenvalue weighted by molar-refractivity contribution is 7.98. The Hall–Kier alpha value is 0.0500. The summed E-state index contributed by atoms with van der Waals surface area (Å²) < 4.78 is 0. The van der Waals surface area contributed by atoms with Crippen LogP contribution >= 0.6 is 11.8 Å².